The van der Waals surface area contributed by atoms with Gasteiger partial charge in [0.2, 0.25) is 0 Å². The summed E-state index contributed by atoms with van der Waals surface area (Å²) in [7, 11) is 1.60. The smallest absolute Gasteiger partial charge is 0.417 e. The molecule has 0 bridgehead atoms. The molecule has 0 unspecified atom stereocenters. The quantitative estimate of drug-likeness (QED) is 0.352. The topological polar surface area (TPSA) is 49.2 Å². The van der Waals surface area contributed by atoms with Gasteiger partial charge in [0.15, 0.2) is 11.5 Å². The number of aromatic nitrogens is 3. The number of rotatable bonds is 6. The Morgan fingerprint density at radius 1 is 1.00 bits per heavy atom. The van der Waals surface area contributed by atoms with Gasteiger partial charge in [0.1, 0.15) is 11.6 Å². The molecular formula is C25H20F3N3O2. The van der Waals surface area contributed by atoms with Crippen LogP contribution in [0.3, 0.4) is 0 Å². The van der Waals surface area contributed by atoms with Crippen LogP contribution in [0.15, 0.2) is 60.8 Å². The fourth-order valence-electron chi connectivity index (χ4n) is 3.55. The minimum absolute atomic E-state index is 0.189. The van der Waals surface area contributed by atoms with Gasteiger partial charge in [-0.25, -0.2) is 9.97 Å². The molecule has 5 rings (SSSR count). The number of alkyl halides is 3. The molecule has 8 heteroatoms. The minimum Gasteiger partial charge on any atom is -0.493 e. The van der Waals surface area contributed by atoms with Crippen molar-refractivity contribution in [2.45, 2.75) is 25.1 Å². The predicted molar refractivity (Wildman–Crippen MR) is 119 cm³/mol. The summed E-state index contributed by atoms with van der Waals surface area (Å²) >= 11 is 0. The van der Waals surface area contributed by atoms with E-state index < -0.39 is 11.7 Å². The number of nitrogens with zero attached hydrogens (tertiary/aromatic N) is 3. The third-order valence-electron chi connectivity index (χ3n) is 5.34. The molecule has 1 saturated carbocycles. The van der Waals surface area contributed by atoms with Crippen LogP contribution in [0, 0.1) is 0 Å². The maximum absolute atomic E-state index is 13.0. The Balaban J connectivity index is 1.58. The second-order valence-corrected chi connectivity index (χ2v) is 7.73. The summed E-state index contributed by atoms with van der Waals surface area (Å²) in [5.41, 5.74) is 1.47. The largest absolute Gasteiger partial charge is 0.493 e. The summed E-state index contributed by atoms with van der Waals surface area (Å²) in [5.74, 6) is 2.18. The maximum Gasteiger partial charge on any atom is 0.417 e. The summed E-state index contributed by atoms with van der Waals surface area (Å²) in [4.78, 5) is 8.73. The molecule has 168 valence electrons. The van der Waals surface area contributed by atoms with Gasteiger partial charge in [-0.05, 0) is 55.3 Å². The first-order valence-electron chi connectivity index (χ1n) is 10.5. The van der Waals surface area contributed by atoms with Crippen LogP contribution in [0.4, 0.5) is 13.2 Å². The molecule has 0 spiro atoms. The summed E-state index contributed by atoms with van der Waals surface area (Å²) in [5, 5.41) is 0. The first-order valence-corrected chi connectivity index (χ1v) is 10.5. The van der Waals surface area contributed by atoms with E-state index in [4.69, 9.17) is 9.47 Å². The van der Waals surface area contributed by atoms with Crippen LogP contribution in [0.5, 0.6) is 11.5 Å². The average molecular weight is 451 g/mol. The van der Waals surface area contributed by atoms with E-state index in [0.717, 1.165) is 36.2 Å². The molecule has 2 aromatic carbocycles. The molecule has 5 nitrogen and oxygen atoms in total. The van der Waals surface area contributed by atoms with Crippen molar-refractivity contribution < 1.29 is 22.6 Å². The van der Waals surface area contributed by atoms with Gasteiger partial charge in [-0.15, -0.1) is 0 Å². The second-order valence-electron chi connectivity index (χ2n) is 7.73. The number of hydrogen-bond donors (Lipinski definition) is 0. The Labute approximate surface area is 188 Å². The predicted octanol–water partition coefficient (Wildman–Crippen LogP) is 6.16. The minimum atomic E-state index is -4.45. The van der Waals surface area contributed by atoms with E-state index in [0.29, 0.717) is 28.7 Å². The van der Waals surface area contributed by atoms with Gasteiger partial charge in [0.25, 0.3) is 0 Å². The summed E-state index contributed by atoms with van der Waals surface area (Å²) in [6.45, 7) is 0. The van der Waals surface area contributed by atoms with E-state index in [-0.39, 0.29) is 6.10 Å². The number of pyridine rings is 1. The Hall–Kier alpha value is -3.81. The average Bonchev–Trinajstić information content (AvgIpc) is 3.55. The number of benzene rings is 2. The second kappa shape index (κ2) is 8.27. The molecule has 1 aliphatic rings. The molecule has 0 atom stereocenters. The van der Waals surface area contributed by atoms with E-state index in [1.54, 1.807) is 17.8 Å². The highest BCUT2D eigenvalue weighted by molar-refractivity contribution is 5.82. The van der Waals surface area contributed by atoms with Gasteiger partial charge < -0.3 is 9.47 Å². The van der Waals surface area contributed by atoms with Gasteiger partial charge in [-0.3, -0.25) is 4.57 Å². The third-order valence-corrected chi connectivity index (χ3v) is 5.34. The lowest BCUT2D eigenvalue weighted by Gasteiger charge is -2.13. The molecule has 0 radical (unpaired) electrons. The SMILES string of the molecule is COc1cccc(/C=C/c2nc3ccccc3n2-c2ccc(C(F)(F)F)cn2)c1OC1CC1. The lowest BCUT2D eigenvalue weighted by atomic mass is 10.1. The van der Waals surface area contributed by atoms with Crippen molar-refractivity contribution in [3.8, 4) is 17.3 Å². The number of para-hydroxylation sites is 3. The number of ether oxygens (including phenoxy) is 2. The molecule has 1 fully saturated rings. The molecule has 0 N–H and O–H groups in total. The number of imidazole rings is 1. The summed E-state index contributed by atoms with van der Waals surface area (Å²) in [6.07, 6.45) is 2.26. The zero-order chi connectivity index (χ0) is 23.0. The maximum atomic E-state index is 13.0. The van der Waals surface area contributed by atoms with Crippen LogP contribution in [-0.2, 0) is 6.18 Å². The summed E-state index contributed by atoms with van der Waals surface area (Å²) in [6, 6.07) is 15.4. The van der Waals surface area contributed by atoms with Crippen molar-refractivity contribution in [1.82, 2.24) is 14.5 Å². The number of methoxy groups -OCH3 is 1. The highest BCUT2D eigenvalue weighted by Crippen LogP contribution is 2.37. The van der Waals surface area contributed by atoms with E-state index in [9.17, 15) is 13.2 Å². The van der Waals surface area contributed by atoms with Gasteiger partial charge in [-0.1, -0.05) is 24.3 Å². The molecular weight excluding hydrogens is 431 g/mol. The van der Waals surface area contributed by atoms with Gasteiger partial charge in [0.05, 0.1) is 29.8 Å². The Morgan fingerprint density at radius 3 is 2.52 bits per heavy atom. The summed E-state index contributed by atoms with van der Waals surface area (Å²) < 4.78 is 52.3. The van der Waals surface area contributed by atoms with E-state index in [2.05, 4.69) is 9.97 Å². The van der Waals surface area contributed by atoms with Crippen molar-refractivity contribution >= 4 is 23.2 Å². The van der Waals surface area contributed by atoms with E-state index in [1.807, 2.05) is 48.5 Å². The number of hydrogen-bond acceptors (Lipinski definition) is 4. The lowest BCUT2D eigenvalue weighted by molar-refractivity contribution is -0.137. The van der Waals surface area contributed by atoms with Crippen LogP contribution in [-0.4, -0.2) is 27.7 Å². The van der Waals surface area contributed by atoms with Crippen molar-refractivity contribution in [3.05, 3.63) is 77.7 Å². The lowest BCUT2D eigenvalue weighted by Crippen LogP contribution is -2.07. The van der Waals surface area contributed by atoms with E-state index in [1.165, 1.54) is 6.07 Å². The molecule has 1 aliphatic carbocycles. The monoisotopic (exact) mass is 451 g/mol. The van der Waals surface area contributed by atoms with Gasteiger partial charge >= 0.3 is 6.18 Å². The zero-order valence-electron chi connectivity index (χ0n) is 17.7. The van der Waals surface area contributed by atoms with Crippen LogP contribution in [0.1, 0.15) is 29.8 Å². The fraction of sp³-hybridized carbons (Fsp3) is 0.200. The zero-order valence-corrected chi connectivity index (χ0v) is 17.7. The third kappa shape index (κ3) is 4.28. The molecule has 0 aliphatic heterocycles. The van der Waals surface area contributed by atoms with Crippen LogP contribution in [0.25, 0.3) is 29.0 Å². The fourth-order valence-corrected chi connectivity index (χ4v) is 3.55. The Morgan fingerprint density at radius 2 is 1.82 bits per heavy atom. The number of fused-ring (bicyclic) bond motifs is 1. The number of halogens is 3. The van der Waals surface area contributed by atoms with Gasteiger partial charge in [-0.2, -0.15) is 13.2 Å². The standard InChI is InChI=1S/C25H20F3N3O2/c1-32-21-8-4-5-16(24(21)33-18-11-12-18)9-13-23-30-19-6-2-3-7-20(19)31(23)22-14-10-17(15-29-22)25(26,27)28/h2-10,13-15,18H,11-12H2,1H3/b13-9+. The van der Waals surface area contributed by atoms with Crippen molar-refractivity contribution in [2.24, 2.45) is 0 Å². The molecule has 4 aromatic rings. The normalized spacial score (nSPS) is 14.2. The Bertz CT molecular complexity index is 1320. The first-order chi connectivity index (χ1) is 15.9. The molecule has 33 heavy (non-hydrogen) atoms. The van der Waals surface area contributed by atoms with Gasteiger partial charge in [0, 0.05) is 11.8 Å². The van der Waals surface area contributed by atoms with Crippen molar-refractivity contribution in [1.29, 1.82) is 0 Å². The molecule has 2 heterocycles. The molecule has 2 aromatic heterocycles. The first kappa shape index (κ1) is 21.1. The highest BCUT2D eigenvalue weighted by Gasteiger charge is 2.31. The molecule has 0 saturated heterocycles. The van der Waals surface area contributed by atoms with Crippen molar-refractivity contribution in [2.75, 3.05) is 7.11 Å². The molecule has 0 amide bonds. The van der Waals surface area contributed by atoms with Crippen LogP contribution < -0.4 is 9.47 Å². The van der Waals surface area contributed by atoms with E-state index >= 15 is 0 Å². The Kier molecular flexibility index (Phi) is 5.28. The highest BCUT2D eigenvalue weighted by atomic mass is 19.4. The van der Waals surface area contributed by atoms with Crippen LogP contribution >= 0.6 is 0 Å². The van der Waals surface area contributed by atoms with Crippen LogP contribution in [0.2, 0.25) is 0 Å². The van der Waals surface area contributed by atoms with Crippen molar-refractivity contribution in [3.63, 3.8) is 0 Å².